The second-order valence-corrected chi connectivity index (χ2v) is 8.70. The molecule has 0 atom stereocenters. The molecular formula is C25H24ClNO2. The second kappa shape index (κ2) is 7.64. The Labute approximate surface area is 176 Å². The summed E-state index contributed by atoms with van der Waals surface area (Å²) >= 11 is 6.19. The molecule has 0 bridgehead atoms. The first-order chi connectivity index (χ1) is 13.8. The van der Waals surface area contributed by atoms with Gasteiger partial charge in [0.2, 0.25) is 0 Å². The molecule has 1 aliphatic rings. The number of fused-ring (bicyclic) bond motifs is 1. The minimum absolute atomic E-state index is 0.711. The first-order valence-corrected chi connectivity index (χ1v) is 10.3. The summed E-state index contributed by atoms with van der Waals surface area (Å²) in [4.78, 5) is 16.4. The predicted molar refractivity (Wildman–Crippen MR) is 117 cm³/mol. The van der Waals surface area contributed by atoms with E-state index in [2.05, 4.69) is 6.07 Å². The number of rotatable bonds is 5. The fourth-order valence-corrected chi connectivity index (χ4v) is 4.15. The van der Waals surface area contributed by atoms with Gasteiger partial charge in [0.1, 0.15) is 0 Å². The Hall–Kier alpha value is -2.65. The summed E-state index contributed by atoms with van der Waals surface area (Å²) in [6.07, 6.45) is 4.03. The number of benzene rings is 2. The summed E-state index contributed by atoms with van der Waals surface area (Å²) in [5.41, 5.74) is 6.95. The van der Waals surface area contributed by atoms with E-state index in [0.717, 1.165) is 42.5 Å². The van der Waals surface area contributed by atoms with Crippen LogP contribution in [-0.4, -0.2) is 16.1 Å². The van der Waals surface area contributed by atoms with Crippen molar-refractivity contribution in [3.05, 3.63) is 87.6 Å². The number of hydrogen-bond acceptors (Lipinski definition) is 2. The number of aryl methyl sites for hydroxylation is 1. The Bertz CT molecular complexity index is 1070. The maximum Gasteiger partial charge on any atom is 0.313 e. The largest absolute Gasteiger partial charge is 0.481 e. The van der Waals surface area contributed by atoms with Gasteiger partial charge in [-0.3, -0.25) is 9.78 Å². The van der Waals surface area contributed by atoms with Crippen LogP contribution in [0, 0.1) is 0 Å². The molecule has 1 aromatic heterocycles. The molecule has 0 spiro atoms. The average molecular weight is 406 g/mol. The fraction of sp³-hybridized carbons (Fsp3) is 0.280. The van der Waals surface area contributed by atoms with Crippen LogP contribution in [0.3, 0.4) is 0 Å². The number of carboxylic acids is 1. The van der Waals surface area contributed by atoms with Crippen LogP contribution in [0.1, 0.15) is 48.2 Å². The van der Waals surface area contributed by atoms with E-state index >= 15 is 0 Å². The molecule has 3 nitrogen and oxygen atoms in total. The van der Waals surface area contributed by atoms with Crippen molar-refractivity contribution in [1.82, 2.24) is 4.98 Å². The highest BCUT2D eigenvalue weighted by Gasteiger charge is 2.29. The van der Waals surface area contributed by atoms with E-state index in [9.17, 15) is 9.90 Å². The average Bonchev–Trinajstić information content (AvgIpc) is 3.17. The van der Waals surface area contributed by atoms with Crippen molar-refractivity contribution in [3.63, 3.8) is 0 Å². The summed E-state index contributed by atoms with van der Waals surface area (Å²) in [6.45, 7) is 3.47. The molecule has 4 heteroatoms. The molecule has 0 fully saturated rings. The van der Waals surface area contributed by atoms with Gasteiger partial charge in [0, 0.05) is 16.3 Å². The highest BCUT2D eigenvalue weighted by atomic mass is 35.5. The van der Waals surface area contributed by atoms with Gasteiger partial charge in [-0.1, -0.05) is 48.0 Å². The van der Waals surface area contributed by atoms with Gasteiger partial charge in [-0.2, -0.15) is 0 Å². The van der Waals surface area contributed by atoms with Crippen LogP contribution in [0.25, 0.3) is 11.3 Å². The van der Waals surface area contributed by atoms with Gasteiger partial charge in [0.05, 0.1) is 11.1 Å². The third-order valence-corrected chi connectivity index (χ3v) is 6.10. The first kappa shape index (κ1) is 19.7. The smallest absolute Gasteiger partial charge is 0.313 e. The topological polar surface area (TPSA) is 50.2 Å². The fourth-order valence-electron chi connectivity index (χ4n) is 3.96. The summed E-state index contributed by atoms with van der Waals surface area (Å²) in [5, 5.41) is 10.2. The maximum absolute atomic E-state index is 11.5. The third kappa shape index (κ3) is 3.92. The van der Waals surface area contributed by atoms with Crippen molar-refractivity contribution in [3.8, 4) is 11.3 Å². The SMILES string of the molecule is CC(C)(C(=O)O)c1ccc(Cc2cc(-c3cccc(Cl)c3)nc3c2CCC3)cc1. The Morgan fingerprint density at radius 2 is 1.86 bits per heavy atom. The van der Waals surface area contributed by atoms with E-state index < -0.39 is 11.4 Å². The molecule has 1 heterocycles. The zero-order chi connectivity index (χ0) is 20.6. The third-order valence-electron chi connectivity index (χ3n) is 5.87. The lowest BCUT2D eigenvalue weighted by Crippen LogP contribution is -2.28. The number of halogens is 1. The molecule has 1 aliphatic carbocycles. The van der Waals surface area contributed by atoms with Gasteiger partial charge in [0.15, 0.2) is 0 Å². The van der Waals surface area contributed by atoms with Crippen LogP contribution >= 0.6 is 11.6 Å². The number of aromatic nitrogens is 1. The molecule has 0 amide bonds. The maximum atomic E-state index is 11.5. The van der Waals surface area contributed by atoms with Crippen molar-refractivity contribution in [2.24, 2.45) is 0 Å². The quantitative estimate of drug-likeness (QED) is 0.579. The van der Waals surface area contributed by atoms with Gasteiger partial charge in [-0.25, -0.2) is 0 Å². The minimum Gasteiger partial charge on any atom is -0.481 e. The Morgan fingerprint density at radius 1 is 1.10 bits per heavy atom. The molecule has 0 radical (unpaired) electrons. The summed E-state index contributed by atoms with van der Waals surface area (Å²) < 4.78 is 0. The second-order valence-electron chi connectivity index (χ2n) is 8.26. The van der Waals surface area contributed by atoms with E-state index in [-0.39, 0.29) is 0 Å². The molecule has 3 aromatic rings. The summed E-state index contributed by atoms with van der Waals surface area (Å²) in [7, 11) is 0. The minimum atomic E-state index is -0.893. The monoisotopic (exact) mass is 405 g/mol. The summed E-state index contributed by atoms with van der Waals surface area (Å²) in [5.74, 6) is -0.816. The van der Waals surface area contributed by atoms with Crippen LogP contribution < -0.4 is 0 Å². The van der Waals surface area contributed by atoms with Gasteiger partial charge < -0.3 is 5.11 Å². The van der Waals surface area contributed by atoms with Crippen LogP contribution in [0.4, 0.5) is 0 Å². The molecule has 0 saturated carbocycles. The van der Waals surface area contributed by atoms with E-state index in [1.54, 1.807) is 13.8 Å². The van der Waals surface area contributed by atoms with Gasteiger partial charge in [-0.15, -0.1) is 0 Å². The highest BCUT2D eigenvalue weighted by molar-refractivity contribution is 6.30. The van der Waals surface area contributed by atoms with Gasteiger partial charge in [0.25, 0.3) is 0 Å². The van der Waals surface area contributed by atoms with Crippen LogP contribution in [0.5, 0.6) is 0 Å². The zero-order valence-electron chi connectivity index (χ0n) is 16.7. The lowest BCUT2D eigenvalue weighted by atomic mass is 9.84. The number of nitrogens with zero attached hydrogens (tertiary/aromatic N) is 1. The van der Waals surface area contributed by atoms with Gasteiger partial charge in [-0.05, 0) is 80.0 Å². The Morgan fingerprint density at radius 3 is 2.55 bits per heavy atom. The van der Waals surface area contributed by atoms with Crippen molar-refractivity contribution in [2.45, 2.75) is 44.9 Å². The zero-order valence-corrected chi connectivity index (χ0v) is 17.5. The molecule has 4 rings (SSSR count). The van der Waals surface area contributed by atoms with Crippen LogP contribution in [-0.2, 0) is 29.5 Å². The first-order valence-electron chi connectivity index (χ1n) is 9.95. The molecule has 2 aromatic carbocycles. The number of carbonyl (C=O) groups is 1. The molecular weight excluding hydrogens is 382 g/mol. The lowest BCUT2D eigenvalue weighted by Gasteiger charge is -2.20. The standard InChI is InChI=1S/C25H24ClNO2/c1-25(2,24(28)29)19-11-9-16(10-12-19)13-18-15-23(17-5-3-6-20(26)14-17)27-22-8-4-7-21(18)22/h3,5-6,9-12,14-15H,4,7-8,13H2,1-2H3,(H,28,29). The van der Waals surface area contributed by atoms with Crippen LogP contribution in [0.2, 0.25) is 5.02 Å². The molecule has 0 unspecified atom stereocenters. The molecule has 0 saturated heterocycles. The molecule has 148 valence electrons. The van der Waals surface area contributed by atoms with Crippen molar-refractivity contribution >= 4 is 17.6 Å². The van der Waals surface area contributed by atoms with Gasteiger partial charge >= 0.3 is 5.97 Å². The molecule has 0 aliphatic heterocycles. The molecule has 29 heavy (non-hydrogen) atoms. The van der Waals surface area contributed by atoms with E-state index in [4.69, 9.17) is 16.6 Å². The van der Waals surface area contributed by atoms with E-state index in [1.807, 2.05) is 48.5 Å². The van der Waals surface area contributed by atoms with Crippen molar-refractivity contribution in [1.29, 1.82) is 0 Å². The summed E-state index contributed by atoms with van der Waals surface area (Å²) in [6, 6.07) is 18.0. The predicted octanol–water partition coefficient (Wildman–Crippen LogP) is 5.84. The number of carboxylic acid groups (broad SMARTS) is 1. The van der Waals surface area contributed by atoms with E-state index in [1.165, 1.54) is 22.4 Å². The van der Waals surface area contributed by atoms with Crippen LogP contribution in [0.15, 0.2) is 54.6 Å². The van der Waals surface area contributed by atoms with E-state index in [0.29, 0.717) is 5.02 Å². The lowest BCUT2D eigenvalue weighted by molar-refractivity contribution is -0.142. The Kier molecular flexibility index (Phi) is 5.18. The highest BCUT2D eigenvalue weighted by Crippen LogP contribution is 2.31. The van der Waals surface area contributed by atoms with Crippen molar-refractivity contribution in [2.75, 3.05) is 0 Å². The number of aliphatic carboxylic acids is 1. The number of hydrogen-bond donors (Lipinski definition) is 1. The van der Waals surface area contributed by atoms with Crippen molar-refractivity contribution < 1.29 is 9.90 Å². The Balaban J connectivity index is 1.68. The number of pyridine rings is 1. The normalized spacial score (nSPS) is 13.3. The molecule has 1 N–H and O–H groups in total.